The molecule has 0 fully saturated rings. The average molecular weight is 302 g/mol. The highest BCUT2D eigenvalue weighted by Gasteiger charge is 2.39. The van der Waals surface area contributed by atoms with Gasteiger partial charge in [0.05, 0.1) is 0 Å². The van der Waals surface area contributed by atoms with Gasteiger partial charge in [-0.2, -0.15) is 0 Å². The van der Waals surface area contributed by atoms with E-state index in [2.05, 4.69) is 52.0 Å². The van der Waals surface area contributed by atoms with E-state index in [4.69, 9.17) is 0 Å². The third-order valence-corrected chi connectivity index (χ3v) is 5.41. The van der Waals surface area contributed by atoms with Crippen LogP contribution in [0.2, 0.25) is 0 Å². The molecule has 0 spiro atoms. The van der Waals surface area contributed by atoms with Crippen molar-refractivity contribution in [1.82, 2.24) is 0 Å². The number of hydrogen-bond donors (Lipinski definition) is 0. The molecule has 2 heteroatoms. The van der Waals surface area contributed by atoms with Gasteiger partial charge in [-0.3, -0.25) is 9.59 Å². The summed E-state index contributed by atoms with van der Waals surface area (Å²) in [6.45, 7) is 12.5. The topological polar surface area (TPSA) is 34.1 Å². The number of carbonyl (C=O) groups is 2. The predicted octanol–water partition coefficient (Wildman–Crippen LogP) is 4.60. The molecule has 0 aromatic carbocycles. The van der Waals surface area contributed by atoms with Gasteiger partial charge < -0.3 is 0 Å². The lowest BCUT2D eigenvalue weighted by Gasteiger charge is -2.29. The van der Waals surface area contributed by atoms with Crippen LogP contribution in [0.3, 0.4) is 0 Å². The summed E-state index contributed by atoms with van der Waals surface area (Å²) in [4.78, 5) is 25.1. The van der Waals surface area contributed by atoms with Crippen molar-refractivity contribution < 1.29 is 9.59 Å². The van der Waals surface area contributed by atoms with E-state index >= 15 is 0 Å². The minimum absolute atomic E-state index is 0.0239. The summed E-state index contributed by atoms with van der Waals surface area (Å²) in [7, 11) is 0. The summed E-state index contributed by atoms with van der Waals surface area (Å²) >= 11 is 0. The van der Waals surface area contributed by atoms with Crippen molar-refractivity contribution in [3.8, 4) is 0 Å². The molecule has 2 nitrogen and oxygen atoms in total. The van der Waals surface area contributed by atoms with Gasteiger partial charge in [0.2, 0.25) is 0 Å². The molecule has 2 aliphatic rings. The Kier molecular flexibility index (Phi) is 4.52. The molecule has 0 saturated heterocycles. The zero-order chi connectivity index (χ0) is 16.7. The molecule has 0 unspecified atom stereocenters. The van der Waals surface area contributed by atoms with Crippen molar-refractivity contribution in [3.63, 3.8) is 0 Å². The fraction of sp³-hybridized carbons (Fsp3) is 0.700. The van der Waals surface area contributed by atoms with Crippen LogP contribution >= 0.6 is 0 Å². The predicted molar refractivity (Wildman–Crippen MR) is 90.4 cm³/mol. The van der Waals surface area contributed by atoms with E-state index in [1.807, 2.05) is 13.8 Å². The molecule has 0 amide bonds. The Morgan fingerprint density at radius 1 is 0.773 bits per heavy atom. The third-order valence-electron chi connectivity index (χ3n) is 5.41. The molecular formula is C20H30O2. The molecule has 0 heterocycles. The molecule has 0 saturated carbocycles. The largest absolute Gasteiger partial charge is 0.299 e. The summed E-state index contributed by atoms with van der Waals surface area (Å²) in [6.07, 6.45) is 9.94. The van der Waals surface area contributed by atoms with Gasteiger partial charge in [0.25, 0.3) is 0 Å². The zero-order valence-corrected chi connectivity index (χ0v) is 14.8. The standard InChI is InChI=1S/C20H30O2/c1-13-15(7-9-19(3,4)11-17(13)21)16-8-10-20(5,6)12-18(22)14(16)2/h7-10,13-16H,11-12H2,1-6H3/t13-,14+,15-,16+. The molecule has 2 rings (SSSR count). The number of Topliss-reactive ketones (excluding diaryl/α,β-unsaturated/α-hetero) is 2. The van der Waals surface area contributed by atoms with Crippen LogP contribution in [0.5, 0.6) is 0 Å². The van der Waals surface area contributed by atoms with Crippen LogP contribution in [-0.4, -0.2) is 11.6 Å². The van der Waals surface area contributed by atoms with Crippen molar-refractivity contribution >= 4 is 11.6 Å². The molecular weight excluding hydrogens is 272 g/mol. The lowest BCUT2D eigenvalue weighted by Crippen LogP contribution is -2.31. The normalized spacial score (nSPS) is 37.7. The van der Waals surface area contributed by atoms with Crippen LogP contribution in [0.25, 0.3) is 0 Å². The SMILES string of the molecule is C[C@@H]1C(=O)CC(C)(C)C=C[C@@H]1[C@@H]1C=CC(C)(C)CC(=O)[C@@H]1C. The minimum atomic E-state index is -0.0823. The smallest absolute Gasteiger partial charge is 0.137 e. The molecule has 0 aliphatic heterocycles. The van der Waals surface area contributed by atoms with Gasteiger partial charge >= 0.3 is 0 Å². The van der Waals surface area contributed by atoms with E-state index < -0.39 is 0 Å². The Balaban J connectivity index is 2.39. The Morgan fingerprint density at radius 2 is 1.09 bits per heavy atom. The van der Waals surface area contributed by atoms with Crippen molar-refractivity contribution in [3.05, 3.63) is 24.3 Å². The molecule has 22 heavy (non-hydrogen) atoms. The van der Waals surface area contributed by atoms with Crippen LogP contribution in [-0.2, 0) is 9.59 Å². The summed E-state index contributed by atoms with van der Waals surface area (Å²) in [5.41, 5.74) is -0.165. The molecule has 2 aliphatic carbocycles. The van der Waals surface area contributed by atoms with E-state index in [-0.39, 0.29) is 34.5 Å². The fourth-order valence-corrected chi connectivity index (χ4v) is 3.77. The Bertz CT molecular complexity index is 474. The number of carbonyl (C=O) groups excluding carboxylic acids is 2. The maximum Gasteiger partial charge on any atom is 0.137 e. The first kappa shape index (κ1) is 17.2. The Morgan fingerprint density at radius 3 is 1.41 bits per heavy atom. The summed E-state index contributed by atoms with van der Waals surface area (Å²) in [5.74, 6) is 0.832. The van der Waals surface area contributed by atoms with Gasteiger partial charge in [-0.05, 0) is 22.7 Å². The van der Waals surface area contributed by atoms with E-state index in [1.54, 1.807) is 0 Å². The molecule has 0 bridgehead atoms. The minimum Gasteiger partial charge on any atom is -0.299 e. The third kappa shape index (κ3) is 3.59. The fourth-order valence-electron chi connectivity index (χ4n) is 3.77. The van der Waals surface area contributed by atoms with Crippen molar-refractivity contribution in [2.45, 2.75) is 54.4 Å². The molecule has 4 atom stereocenters. The van der Waals surface area contributed by atoms with Crippen LogP contribution in [0.4, 0.5) is 0 Å². The highest BCUT2D eigenvalue weighted by atomic mass is 16.1. The first-order valence-electron chi connectivity index (χ1n) is 8.47. The Hall–Kier alpha value is -1.18. The highest BCUT2D eigenvalue weighted by molar-refractivity contribution is 5.84. The second-order valence-electron chi connectivity index (χ2n) is 8.71. The van der Waals surface area contributed by atoms with E-state index in [9.17, 15) is 9.59 Å². The number of rotatable bonds is 1. The van der Waals surface area contributed by atoms with E-state index in [1.165, 1.54) is 0 Å². The lowest BCUT2D eigenvalue weighted by atomic mass is 9.73. The van der Waals surface area contributed by atoms with Gasteiger partial charge in [-0.1, -0.05) is 65.8 Å². The van der Waals surface area contributed by atoms with E-state index in [0.717, 1.165) is 0 Å². The van der Waals surface area contributed by atoms with Crippen LogP contribution in [0.1, 0.15) is 54.4 Å². The van der Waals surface area contributed by atoms with E-state index in [0.29, 0.717) is 24.4 Å². The first-order valence-corrected chi connectivity index (χ1v) is 8.47. The molecule has 0 radical (unpaired) electrons. The quantitative estimate of drug-likeness (QED) is 0.663. The van der Waals surface area contributed by atoms with Crippen molar-refractivity contribution in [2.75, 3.05) is 0 Å². The number of ketones is 2. The molecule has 122 valence electrons. The molecule has 0 aromatic rings. The summed E-state index contributed by atoms with van der Waals surface area (Å²) in [6, 6.07) is 0. The maximum absolute atomic E-state index is 12.5. The Labute approximate surface area is 135 Å². The monoisotopic (exact) mass is 302 g/mol. The van der Waals surface area contributed by atoms with Crippen LogP contribution in [0, 0.1) is 34.5 Å². The lowest BCUT2D eigenvalue weighted by molar-refractivity contribution is -0.128. The summed E-state index contributed by atoms with van der Waals surface area (Å²) < 4.78 is 0. The first-order chi connectivity index (χ1) is 10.0. The maximum atomic E-state index is 12.5. The summed E-state index contributed by atoms with van der Waals surface area (Å²) in [5, 5.41) is 0. The average Bonchev–Trinajstić information content (AvgIpc) is 2.54. The zero-order valence-electron chi connectivity index (χ0n) is 14.8. The second-order valence-corrected chi connectivity index (χ2v) is 8.71. The van der Waals surface area contributed by atoms with Crippen LogP contribution in [0.15, 0.2) is 24.3 Å². The van der Waals surface area contributed by atoms with Crippen LogP contribution < -0.4 is 0 Å². The molecule has 0 N–H and O–H groups in total. The second kappa shape index (κ2) is 5.79. The van der Waals surface area contributed by atoms with Gasteiger partial charge in [-0.15, -0.1) is 0 Å². The van der Waals surface area contributed by atoms with Crippen molar-refractivity contribution in [2.24, 2.45) is 34.5 Å². The number of allylic oxidation sites excluding steroid dienone is 4. The van der Waals surface area contributed by atoms with Gasteiger partial charge in [0, 0.05) is 24.7 Å². The van der Waals surface area contributed by atoms with Crippen molar-refractivity contribution in [1.29, 1.82) is 0 Å². The number of hydrogen-bond acceptors (Lipinski definition) is 2. The highest BCUT2D eigenvalue weighted by Crippen LogP contribution is 2.41. The molecule has 0 aromatic heterocycles. The van der Waals surface area contributed by atoms with Gasteiger partial charge in [0.15, 0.2) is 0 Å². The van der Waals surface area contributed by atoms with Gasteiger partial charge in [-0.25, -0.2) is 0 Å². The van der Waals surface area contributed by atoms with Gasteiger partial charge in [0.1, 0.15) is 11.6 Å².